The first-order chi connectivity index (χ1) is 13.9. The Morgan fingerprint density at radius 3 is 2.48 bits per heavy atom. The number of aryl methyl sites for hydroxylation is 3. The van der Waals surface area contributed by atoms with Crippen LogP contribution in [-0.4, -0.2) is 23.1 Å². The standard InChI is InChI=1S/C21H24FN5O2/c1-5-6-11-25-13(2)14(3)27-17-18(23-20(25)27)24(4)21(29)26(19(17)28)12-15-9-7-8-10-16(15)22/h7-10H,5-6,11-12H2,1-4H3. The van der Waals surface area contributed by atoms with Crippen molar-refractivity contribution in [2.24, 2.45) is 7.05 Å². The molecule has 0 saturated heterocycles. The van der Waals surface area contributed by atoms with E-state index in [9.17, 15) is 14.0 Å². The number of rotatable bonds is 5. The number of hydrogen-bond donors (Lipinski definition) is 0. The molecule has 0 radical (unpaired) electrons. The topological polar surface area (TPSA) is 66.2 Å². The summed E-state index contributed by atoms with van der Waals surface area (Å²) in [5.74, 6) is 0.205. The number of fused-ring (bicyclic) bond motifs is 3. The molecule has 0 N–H and O–H groups in total. The fourth-order valence-corrected chi connectivity index (χ4v) is 3.84. The summed E-state index contributed by atoms with van der Waals surface area (Å²) in [5.41, 5.74) is 1.95. The monoisotopic (exact) mass is 397 g/mol. The Kier molecular flexibility index (Phi) is 4.64. The van der Waals surface area contributed by atoms with Gasteiger partial charge in [0.15, 0.2) is 11.2 Å². The Labute approximate surface area is 166 Å². The van der Waals surface area contributed by atoms with E-state index in [0.717, 1.165) is 35.3 Å². The van der Waals surface area contributed by atoms with Crippen LogP contribution in [0.5, 0.6) is 0 Å². The first-order valence-electron chi connectivity index (χ1n) is 9.77. The number of aromatic nitrogens is 5. The van der Waals surface area contributed by atoms with Crippen LogP contribution in [-0.2, 0) is 20.1 Å². The van der Waals surface area contributed by atoms with E-state index in [1.807, 2.05) is 18.2 Å². The molecule has 29 heavy (non-hydrogen) atoms. The second kappa shape index (κ2) is 7.02. The number of imidazole rings is 2. The lowest BCUT2D eigenvalue weighted by Gasteiger charge is -2.09. The molecular formula is C21H24FN5O2. The van der Waals surface area contributed by atoms with E-state index < -0.39 is 17.1 Å². The summed E-state index contributed by atoms with van der Waals surface area (Å²) in [6, 6.07) is 6.16. The third kappa shape index (κ3) is 2.82. The highest BCUT2D eigenvalue weighted by Gasteiger charge is 2.22. The van der Waals surface area contributed by atoms with Gasteiger partial charge in [0.25, 0.3) is 5.56 Å². The van der Waals surface area contributed by atoms with Crippen LogP contribution in [0.2, 0.25) is 0 Å². The van der Waals surface area contributed by atoms with Crippen LogP contribution in [0, 0.1) is 19.7 Å². The quantitative estimate of drug-likeness (QED) is 0.520. The summed E-state index contributed by atoms with van der Waals surface area (Å²) in [7, 11) is 1.59. The Balaban J connectivity index is 2.03. The van der Waals surface area contributed by atoms with Crippen LogP contribution in [0.15, 0.2) is 33.9 Å². The SMILES string of the molecule is CCCCn1c(C)c(C)n2c3c(=O)n(Cc4ccccc4F)c(=O)n(C)c3nc12. The molecule has 0 amide bonds. The largest absolute Gasteiger partial charge is 0.332 e. The molecule has 0 spiro atoms. The average molecular weight is 397 g/mol. The molecule has 0 aliphatic rings. The highest BCUT2D eigenvalue weighted by Crippen LogP contribution is 2.21. The molecule has 152 valence electrons. The molecule has 0 bridgehead atoms. The Morgan fingerprint density at radius 1 is 1.07 bits per heavy atom. The minimum Gasteiger partial charge on any atom is -0.314 e. The van der Waals surface area contributed by atoms with Crippen molar-refractivity contribution in [3.63, 3.8) is 0 Å². The van der Waals surface area contributed by atoms with Gasteiger partial charge in [-0.25, -0.2) is 9.18 Å². The van der Waals surface area contributed by atoms with Crippen molar-refractivity contribution in [2.75, 3.05) is 0 Å². The number of benzene rings is 1. The summed E-state index contributed by atoms with van der Waals surface area (Å²) >= 11 is 0. The van der Waals surface area contributed by atoms with Gasteiger partial charge in [-0.2, -0.15) is 4.98 Å². The Bertz CT molecular complexity index is 1360. The number of unbranched alkanes of at least 4 members (excludes halogenated alkanes) is 1. The van der Waals surface area contributed by atoms with Crippen LogP contribution in [0.1, 0.15) is 36.7 Å². The molecule has 0 aliphatic carbocycles. The maximum atomic E-state index is 14.1. The maximum Gasteiger partial charge on any atom is 0.332 e. The average Bonchev–Trinajstić information content (AvgIpc) is 3.20. The van der Waals surface area contributed by atoms with Crippen LogP contribution in [0.25, 0.3) is 16.9 Å². The van der Waals surface area contributed by atoms with Gasteiger partial charge < -0.3 is 4.57 Å². The number of nitrogens with zero attached hydrogens (tertiary/aromatic N) is 5. The predicted molar refractivity (Wildman–Crippen MR) is 110 cm³/mol. The minimum atomic E-state index is -0.513. The first kappa shape index (κ1) is 19.2. The van der Waals surface area contributed by atoms with Crippen LogP contribution >= 0.6 is 0 Å². The Morgan fingerprint density at radius 2 is 1.79 bits per heavy atom. The molecular weight excluding hydrogens is 373 g/mol. The van der Waals surface area contributed by atoms with E-state index in [0.29, 0.717) is 22.5 Å². The molecule has 4 rings (SSSR count). The fourth-order valence-electron chi connectivity index (χ4n) is 3.84. The van der Waals surface area contributed by atoms with E-state index in [4.69, 9.17) is 0 Å². The third-order valence-electron chi connectivity index (χ3n) is 5.65. The summed E-state index contributed by atoms with van der Waals surface area (Å²) in [6.45, 7) is 6.73. The molecule has 7 nitrogen and oxygen atoms in total. The van der Waals surface area contributed by atoms with E-state index >= 15 is 0 Å². The summed E-state index contributed by atoms with van der Waals surface area (Å²) in [4.78, 5) is 30.8. The molecule has 4 aromatic rings. The van der Waals surface area contributed by atoms with Crippen molar-refractivity contribution in [2.45, 2.75) is 46.7 Å². The zero-order valence-electron chi connectivity index (χ0n) is 17.1. The van der Waals surface area contributed by atoms with Gasteiger partial charge in [-0.3, -0.25) is 18.3 Å². The first-order valence-corrected chi connectivity index (χ1v) is 9.77. The zero-order valence-corrected chi connectivity index (χ0v) is 17.1. The predicted octanol–water partition coefficient (Wildman–Crippen LogP) is 2.75. The molecule has 3 aromatic heterocycles. The summed E-state index contributed by atoms with van der Waals surface area (Å²) < 4.78 is 20.5. The van der Waals surface area contributed by atoms with Gasteiger partial charge in [0.1, 0.15) is 5.82 Å². The summed E-state index contributed by atoms with van der Waals surface area (Å²) in [6.07, 6.45) is 2.03. The van der Waals surface area contributed by atoms with Crippen molar-refractivity contribution in [3.8, 4) is 0 Å². The molecule has 0 saturated carbocycles. The van der Waals surface area contributed by atoms with Gasteiger partial charge in [0.05, 0.1) is 6.54 Å². The van der Waals surface area contributed by atoms with Gasteiger partial charge in [-0.1, -0.05) is 31.5 Å². The van der Waals surface area contributed by atoms with E-state index in [1.165, 1.54) is 10.6 Å². The van der Waals surface area contributed by atoms with Crippen LogP contribution < -0.4 is 11.2 Å². The normalized spacial score (nSPS) is 11.8. The smallest absolute Gasteiger partial charge is 0.314 e. The third-order valence-corrected chi connectivity index (χ3v) is 5.65. The zero-order chi connectivity index (χ0) is 20.9. The van der Waals surface area contributed by atoms with Crippen molar-refractivity contribution >= 4 is 16.9 Å². The van der Waals surface area contributed by atoms with Gasteiger partial charge in [0.2, 0.25) is 5.78 Å². The van der Waals surface area contributed by atoms with E-state index in [1.54, 1.807) is 25.2 Å². The van der Waals surface area contributed by atoms with Crippen molar-refractivity contribution in [3.05, 3.63) is 67.9 Å². The lowest BCUT2D eigenvalue weighted by molar-refractivity contribution is 0.582. The fraction of sp³-hybridized carbons (Fsp3) is 0.381. The van der Waals surface area contributed by atoms with E-state index in [-0.39, 0.29) is 6.54 Å². The number of halogens is 1. The molecule has 0 aliphatic heterocycles. The molecule has 1 aromatic carbocycles. The lowest BCUT2D eigenvalue weighted by Crippen LogP contribution is -2.39. The second-order valence-electron chi connectivity index (χ2n) is 7.42. The van der Waals surface area contributed by atoms with Gasteiger partial charge in [-0.15, -0.1) is 0 Å². The molecule has 0 fully saturated rings. The van der Waals surface area contributed by atoms with Gasteiger partial charge >= 0.3 is 5.69 Å². The maximum absolute atomic E-state index is 14.1. The number of hydrogen-bond acceptors (Lipinski definition) is 3. The van der Waals surface area contributed by atoms with Gasteiger partial charge in [-0.05, 0) is 26.3 Å². The highest BCUT2D eigenvalue weighted by atomic mass is 19.1. The molecule has 0 atom stereocenters. The van der Waals surface area contributed by atoms with Gasteiger partial charge in [0, 0.05) is 30.5 Å². The molecule has 8 heteroatoms. The molecule has 0 unspecified atom stereocenters. The van der Waals surface area contributed by atoms with Crippen molar-refractivity contribution in [1.29, 1.82) is 0 Å². The highest BCUT2D eigenvalue weighted by molar-refractivity contribution is 5.76. The summed E-state index contributed by atoms with van der Waals surface area (Å²) in [5, 5.41) is 0. The van der Waals surface area contributed by atoms with Crippen LogP contribution in [0.3, 0.4) is 0 Å². The van der Waals surface area contributed by atoms with Crippen LogP contribution in [0.4, 0.5) is 4.39 Å². The van der Waals surface area contributed by atoms with Crippen molar-refractivity contribution < 1.29 is 4.39 Å². The Hall–Kier alpha value is -3.16. The van der Waals surface area contributed by atoms with Crippen molar-refractivity contribution in [1.82, 2.24) is 23.1 Å². The lowest BCUT2D eigenvalue weighted by atomic mass is 10.2. The minimum absolute atomic E-state index is 0.129. The molecule has 3 heterocycles. The van der Waals surface area contributed by atoms with E-state index in [2.05, 4.69) is 16.5 Å². The second-order valence-corrected chi connectivity index (χ2v) is 7.42.